The number of anilines is 1. The van der Waals surface area contributed by atoms with Crippen LogP contribution in [0.25, 0.3) is 11.2 Å². The SMILES string of the molecule is Cc1nc2nc(Cl)ccc2nc1N1CCC(C)(NC(=O)O)CC1. The number of fused-ring (bicyclic) bond motifs is 1. The van der Waals surface area contributed by atoms with Crippen molar-refractivity contribution in [1.29, 1.82) is 0 Å². The minimum atomic E-state index is -0.981. The van der Waals surface area contributed by atoms with Crippen LogP contribution in [0, 0.1) is 6.92 Å². The average Bonchev–Trinajstić information content (AvgIpc) is 2.46. The lowest BCUT2D eigenvalue weighted by molar-refractivity contribution is 0.173. The van der Waals surface area contributed by atoms with E-state index in [0.717, 1.165) is 37.4 Å². The molecule has 23 heavy (non-hydrogen) atoms. The summed E-state index contributed by atoms with van der Waals surface area (Å²) in [7, 11) is 0. The van der Waals surface area contributed by atoms with Crippen LogP contribution in [0.1, 0.15) is 25.5 Å². The van der Waals surface area contributed by atoms with E-state index in [1.165, 1.54) is 0 Å². The summed E-state index contributed by atoms with van der Waals surface area (Å²) in [6, 6.07) is 3.50. The van der Waals surface area contributed by atoms with Crippen molar-refractivity contribution in [2.75, 3.05) is 18.0 Å². The van der Waals surface area contributed by atoms with E-state index in [-0.39, 0.29) is 0 Å². The third-order valence-electron chi connectivity index (χ3n) is 4.22. The van der Waals surface area contributed by atoms with E-state index in [0.29, 0.717) is 16.3 Å². The topological polar surface area (TPSA) is 91.2 Å². The zero-order valence-electron chi connectivity index (χ0n) is 13.0. The Balaban J connectivity index is 1.83. The zero-order valence-corrected chi connectivity index (χ0v) is 13.8. The lowest BCUT2D eigenvalue weighted by atomic mass is 9.90. The van der Waals surface area contributed by atoms with Crippen LogP contribution in [0.5, 0.6) is 0 Å². The smallest absolute Gasteiger partial charge is 0.405 e. The summed E-state index contributed by atoms with van der Waals surface area (Å²) >= 11 is 5.89. The number of aromatic nitrogens is 3. The van der Waals surface area contributed by atoms with Crippen molar-refractivity contribution in [3.05, 3.63) is 23.0 Å². The fourth-order valence-corrected chi connectivity index (χ4v) is 3.03. The molecule has 2 aromatic heterocycles. The van der Waals surface area contributed by atoms with Crippen molar-refractivity contribution in [1.82, 2.24) is 20.3 Å². The van der Waals surface area contributed by atoms with Crippen molar-refractivity contribution in [3.63, 3.8) is 0 Å². The van der Waals surface area contributed by atoms with Crippen LogP contribution in [-0.4, -0.2) is 44.8 Å². The monoisotopic (exact) mass is 335 g/mol. The third-order valence-corrected chi connectivity index (χ3v) is 4.43. The van der Waals surface area contributed by atoms with Gasteiger partial charge in [-0.25, -0.2) is 19.7 Å². The molecule has 0 aliphatic carbocycles. The van der Waals surface area contributed by atoms with Gasteiger partial charge < -0.3 is 15.3 Å². The Hall–Kier alpha value is -2.15. The number of carboxylic acid groups (broad SMARTS) is 1. The first-order chi connectivity index (χ1) is 10.9. The highest BCUT2D eigenvalue weighted by atomic mass is 35.5. The van der Waals surface area contributed by atoms with Gasteiger partial charge in [-0.05, 0) is 38.8 Å². The molecule has 3 rings (SSSR count). The fourth-order valence-electron chi connectivity index (χ4n) is 2.89. The highest BCUT2D eigenvalue weighted by molar-refractivity contribution is 6.29. The Kier molecular flexibility index (Phi) is 3.97. The minimum absolute atomic E-state index is 0.393. The molecule has 1 saturated heterocycles. The average molecular weight is 336 g/mol. The van der Waals surface area contributed by atoms with Gasteiger partial charge in [0.25, 0.3) is 0 Å². The summed E-state index contributed by atoms with van der Waals surface area (Å²) in [5, 5.41) is 11.9. The molecule has 2 N–H and O–H groups in total. The molecule has 7 nitrogen and oxygen atoms in total. The first-order valence-electron chi connectivity index (χ1n) is 7.43. The quantitative estimate of drug-likeness (QED) is 0.820. The number of pyridine rings is 1. The number of hydrogen-bond donors (Lipinski definition) is 2. The fraction of sp³-hybridized carbons (Fsp3) is 0.467. The molecule has 3 heterocycles. The van der Waals surface area contributed by atoms with Crippen LogP contribution in [0.2, 0.25) is 5.15 Å². The van der Waals surface area contributed by atoms with Crippen molar-refractivity contribution >= 4 is 34.7 Å². The molecule has 8 heteroatoms. The second-order valence-corrected chi connectivity index (χ2v) is 6.47. The Morgan fingerprint density at radius 2 is 2.00 bits per heavy atom. The highest BCUT2D eigenvalue weighted by Crippen LogP contribution is 2.27. The molecule has 0 bridgehead atoms. The molecule has 1 amide bonds. The van der Waals surface area contributed by atoms with Gasteiger partial charge in [0, 0.05) is 18.6 Å². The summed E-state index contributed by atoms with van der Waals surface area (Å²) < 4.78 is 0. The van der Waals surface area contributed by atoms with Gasteiger partial charge in [-0.15, -0.1) is 0 Å². The molecule has 2 aromatic rings. The molecule has 0 spiro atoms. The Morgan fingerprint density at radius 1 is 1.30 bits per heavy atom. The van der Waals surface area contributed by atoms with Crippen LogP contribution in [0.3, 0.4) is 0 Å². The zero-order chi connectivity index (χ0) is 16.6. The number of halogens is 1. The number of amides is 1. The molecule has 1 fully saturated rings. The summed E-state index contributed by atoms with van der Waals surface area (Å²) in [4.78, 5) is 26.3. The minimum Gasteiger partial charge on any atom is -0.465 e. The first kappa shape index (κ1) is 15.7. The van der Waals surface area contributed by atoms with E-state index in [2.05, 4.69) is 25.2 Å². The standard InChI is InChI=1S/C15H18ClN5O2/c1-9-13(18-10-3-4-11(16)19-12(10)17-9)21-7-5-15(2,6-8-21)20-14(22)23/h3-4,20H,5-8H2,1-2H3,(H,22,23). The Bertz CT molecular complexity index is 759. The largest absolute Gasteiger partial charge is 0.465 e. The molecule has 1 aliphatic heterocycles. The van der Waals surface area contributed by atoms with Crippen LogP contribution in [0.15, 0.2) is 12.1 Å². The van der Waals surface area contributed by atoms with Crippen molar-refractivity contribution in [2.45, 2.75) is 32.2 Å². The van der Waals surface area contributed by atoms with Crippen LogP contribution in [-0.2, 0) is 0 Å². The second-order valence-electron chi connectivity index (χ2n) is 6.09. The van der Waals surface area contributed by atoms with Crippen LogP contribution in [0.4, 0.5) is 10.6 Å². The van der Waals surface area contributed by atoms with Crippen LogP contribution < -0.4 is 10.2 Å². The normalized spacial score (nSPS) is 17.3. The van der Waals surface area contributed by atoms with E-state index < -0.39 is 11.6 Å². The maximum Gasteiger partial charge on any atom is 0.405 e. The lowest BCUT2D eigenvalue weighted by Crippen LogP contribution is -2.53. The molecule has 0 atom stereocenters. The van der Waals surface area contributed by atoms with Gasteiger partial charge in [-0.2, -0.15) is 0 Å². The molecule has 0 aromatic carbocycles. The van der Waals surface area contributed by atoms with Gasteiger partial charge in [0.1, 0.15) is 10.7 Å². The summed E-state index contributed by atoms with van der Waals surface area (Å²) in [5.74, 6) is 0.819. The van der Waals surface area contributed by atoms with Gasteiger partial charge in [0.05, 0.1) is 5.69 Å². The van der Waals surface area contributed by atoms with Gasteiger partial charge in [-0.1, -0.05) is 11.6 Å². The number of nitrogens with one attached hydrogen (secondary N) is 1. The molecule has 0 saturated carbocycles. The molecule has 1 aliphatic rings. The second kappa shape index (κ2) is 5.81. The number of piperidine rings is 1. The first-order valence-corrected chi connectivity index (χ1v) is 7.81. The van der Waals surface area contributed by atoms with E-state index in [9.17, 15) is 4.79 Å². The van der Waals surface area contributed by atoms with Gasteiger partial charge in [0.15, 0.2) is 11.5 Å². The Labute approximate surface area is 138 Å². The van der Waals surface area contributed by atoms with Gasteiger partial charge in [0.2, 0.25) is 0 Å². The number of nitrogens with zero attached hydrogens (tertiary/aromatic N) is 4. The number of aryl methyl sites for hydroxylation is 1. The van der Waals surface area contributed by atoms with E-state index in [1.807, 2.05) is 13.8 Å². The summed E-state index contributed by atoms with van der Waals surface area (Å²) in [6.07, 6.45) is 0.458. The number of hydrogen-bond acceptors (Lipinski definition) is 5. The maximum atomic E-state index is 10.9. The molecule has 122 valence electrons. The van der Waals surface area contributed by atoms with E-state index in [1.54, 1.807) is 12.1 Å². The molecular formula is C15H18ClN5O2. The summed E-state index contributed by atoms with van der Waals surface area (Å²) in [5.41, 5.74) is 1.64. The molecule has 0 radical (unpaired) electrons. The van der Waals surface area contributed by atoms with Crippen molar-refractivity contribution in [3.8, 4) is 0 Å². The maximum absolute atomic E-state index is 10.9. The Morgan fingerprint density at radius 3 is 2.65 bits per heavy atom. The lowest BCUT2D eigenvalue weighted by Gasteiger charge is -2.40. The number of carbonyl (C=O) groups is 1. The molecule has 0 unspecified atom stereocenters. The van der Waals surface area contributed by atoms with Crippen molar-refractivity contribution < 1.29 is 9.90 Å². The highest BCUT2D eigenvalue weighted by Gasteiger charge is 2.32. The summed E-state index contributed by atoms with van der Waals surface area (Å²) in [6.45, 7) is 5.27. The van der Waals surface area contributed by atoms with Crippen LogP contribution >= 0.6 is 11.6 Å². The predicted octanol–water partition coefficient (Wildman–Crippen LogP) is 2.61. The van der Waals surface area contributed by atoms with Gasteiger partial charge in [-0.3, -0.25) is 0 Å². The number of rotatable bonds is 2. The van der Waals surface area contributed by atoms with Crippen molar-refractivity contribution in [2.24, 2.45) is 0 Å². The molecular weight excluding hydrogens is 318 g/mol. The third kappa shape index (κ3) is 3.29. The predicted molar refractivity (Wildman–Crippen MR) is 88.1 cm³/mol. The van der Waals surface area contributed by atoms with E-state index >= 15 is 0 Å². The van der Waals surface area contributed by atoms with E-state index in [4.69, 9.17) is 16.7 Å². The van der Waals surface area contributed by atoms with Gasteiger partial charge >= 0.3 is 6.09 Å².